The van der Waals surface area contributed by atoms with Crippen molar-refractivity contribution < 1.29 is 14.3 Å². The summed E-state index contributed by atoms with van der Waals surface area (Å²) < 4.78 is 4.10. The van der Waals surface area contributed by atoms with E-state index < -0.39 is 12.0 Å². The molecule has 0 aromatic heterocycles. The fourth-order valence-corrected chi connectivity index (χ4v) is 1.23. The molecule has 1 atom stereocenters. The minimum Gasteiger partial charge on any atom is -0.453 e. The minimum atomic E-state index is -0.635. The Kier molecular flexibility index (Phi) is 7.62. The first kappa shape index (κ1) is 13.9. The van der Waals surface area contributed by atoms with Gasteiger partial charge in [0.25, 0.3) is 0 Å². The molecule has 0 heterocycles. The minimum absolute atomic E-state index is 0.265. The molecule has 0 saturated heterocycles. The number of carbonyl (C=O) groups excluding carboxylic acids is 2. The molecule has 2 N–H and O–H groups in total. The van der Waals surface area contributed by atoms with Gasteiger partial charge in [-0.1, -0.05) is 0 Å². The smallest absolute Gasteiger partial charge is 0.329 e. The maximum Gasteiger partial charge on any atom is 0.329 e. The largest absolute Gasteiger partial charge is 0.453 e. The number of rotatable bonds is 7. The van der Waals surface area contributed by atoms with E-state index in [0.29, 0.717) is 6.42 Å². The Hall–Kier alpha value is -1.10. The van der Waals surface area contributed by atoms with E-state index in [2.05, 4.69) is 15.4 Å². The predicted molar refractivity (Wildman–Crippen MR) is 55.8 cm³/mol. The third-order valence-corrected chi connectivity index (χ3v) is 1.95. The van der Waals surface area contributed by atoms with Gasteiger partial charge in [0, 0.05) is 6.92 Å². The van der Waals surface area contributed by atoms with Crippen LogP contribution < -0.4 is 10.6 Å². The second kappa shape index (κ2) is 8.23. The molecule has 1 amide bonds. The summed E-state index contributed by atoms with van der Waals surface area (Å²) in [5, 5.41) is 5.49. The zero-order chi connectivity index (χ0) is 11.7. The average Bonchev–Trinajstić information content (AvgIpc) is 2.21. The van der Waals surface area contributed by atoms with Crippen LogP contribution in [0.15, 0.2) is 0 Å². The number of hydrogen-bond acceptors (Lipinski definition) is 4. The predicted octanol–water partition coefficient (Wildman–Crippen LogP) is 0.0926. The van der Waals surface area contributed by atoms with Crippen LogP contribution >= 0.6 is 0 Å². The number of hydrogen-bond donors (Lipinski definition) is 2. The highest BCUT2D eigenvalue weighted by Gasteiger charge is 2.19. The van der Waals surface area contributed by atoms with Crippen molar-refractivity contribution in [3.8, 4) is 0 Å². The van der Waals surface area contributed by atoms with Crippen molar-refractivity contribution in [2.75, 3.05) is 13.6 Å². The number of unbranched alkanes of at least 4 members (excludes halogenated alkanes) is 1. The van der Waals surface area contributed by atoms with Crippen LogP contribution in [-0.4, -0.2) is 31.5 Å². The number of carbonyl (C=O) groups is 2. The molecule has 2 radical (unpaired) electrons. The molecule has 15 heavy (non-hydrogen) atoms. The molecule has 1 unspecified atom stereocenters. The van der Waals surface area contributed by atoms with E-state index in [1.54, 1.807) is 0 Å². The van der Waals surface area contributed by atoms with Gasteiger partial charge >= 0.3 is 5.97 Å². The Morgan fingerprint density at radius 3 is 2.53 bits per heavy atom. The van der Waals surface area contributed by atoms with Crippen LogP contribution in [0, 0.1) is 7.11 Å². The van der Waals surface area contributed by atoms with E-state index >= 15 is 0 Å². The summed E-state index contributed by atoms with van der Waals surface area (Å²) in [6.45, 7) is 2.23. The van der Waals surface area contributed by atoms with Crippen molar-refractivity contribution in [3.63, 3.8) is 0 Å². The fourth-order valence-electron chi connectivity index (χ4n) is 1.23. The van der Waals surface area contributed by atoms with Gasteiger partial charge < -0.3 is 15.4 Å². The van der Waals surface area contributed by atoms with Gasteiger partial charge in [-0.25, -0.2) is 4.79 Å². The number of amides is 1. The van der Waals surface area contributed by atoms with E-state index in [1.165, 1.54) is 6.92 Å². The summed E-state index contributed by atoms with van der Waals surface area (Å²) in [7, 11) is 6.63. The number of nitrogens with one attached hydrogen (secondary N) is 2. The first-order valence-electron chi connectivity index (χ1n) is 4.94. The first-order valence-corrected chi connectivity index (χ1v) is 4.94. The quantitative estimate of drug-likeness (QED) is 0.465. The highest BCUT2D eigenvalue weighted by atomic mass is 16.5. The molecular formula is C10H18N2O3. The van der Waals surface area contributed by atoms with Crippen LogP contribution in [0.5, 0.6) is 0 Å². The summed E-state index contributed by atoms with van der Waals surface area (Å²) in [6.07, 6.45) is 2.29. The molecule has 0 spiro atoms. The lowest BCUT2D eigenvalue weighted by atomic mass is 10.1. The third-order valence-electron chi connectivity index (χ3n) is 1.95. The lowest BCUT2D eigenvalue weighted by molar-refractivity contribution is -0.143. The Bertz CT molecular complexity index is 207. The van der Waals surface area contributed by atoms with Crippen LogP contribution in [0.3, 0.4) is 0 Å². The maximum atomic E-state index is 11.1. The molecule has 0 aliphatic rings. The van der Waals surface area contributed by atoms with Crippen molar-refractivity contribution in [2.24, 2.45) is 0 Å². The molecule has 0 saturated carbocycles. The van der Waals surface area contributed by atoms with E-state index in [9.17, 15) is 9.59 Å². The average molecular weight is 214 g/mol. The van der Waals surface area contributed by atoms with Gasteiger partial charge in [-0.2, -0.15) is 0 Å². The molecule has 0 rings (SSSR count). The lowest BCUT2D eigenvalue weighted by Gasteiger charge is -2.14. The zero-order valence-electron chi connectivity index (χ0n) is 9.21. The highest BCUT2D eigenvalue weighted by Crippen LogP contribution is 2.02. The monoisotopic (exact) mass is 214 g/mol. The number of ether oxygens (including phenoxy) is 1. The molecule has 0 bridgehead atoms. The van der Waals surface area contributed by atoms with Crippen molar-refractivity contribution in [2.45, 2.75) is 32.2 Å². The Morgan fingerprint density at radius 2 is 2.07 bits per heavy atom. The van der Waals surface area contributed by atoms with E-state index in [-0.39, 0.29) is 5.91 Å². The topological polar surface area (TPSA) is 67.4 Å². The molecule has 5 heteroatoms. The normalized spacial score (nSPS) is 11.9. The fraction of sp³-hybridized carbons (Fsp3) is 0.700. The SMILES string of the molecule is [CH]OC(=O)C(CCCCNC)NC(C)=O. The van der Waals surface area contributed by atoms with E-state index in [1.807, 2.05) is 7.05 Å². The second-order valence-electron chi connectivity index (χ2n) is 3.29. The van der Waals surface area contributed by atoms with Gasteiger partial charge in [-0.15, -0.1) is 0 Å². The Morgan fingerprint density at radius 1 is 1.40 bits per heavy atom. The first-order chi connectivity index (χ1) is 7.11. The standard InChI is InChI=1S/C10H18N2O3/c1-8(13)12-9(10(14)15-3)6-4-5-7-11-2/h3,9,11H,4-7H2,1-2H3,(H,12,13). The Labute approximate surface area is 90.6 Å². The summed E-state index contributed by atoms with van der Waals surface area (Å²) in [5.74, 6) is -0.867. The summed E-state index contributed by atoms with van der Waals surface area (Å²) in [5.41, 5.74) is 0. The molecule has 86 valence electrons. The summed E-state index contributed by atoms with van der Waals surface area (Å²) >= 11 is 0. The van der Waals surface area contributed by atoms with E-state index in [4.69, 9.17) is 7.11 Å². The molecule has 0 aliphatic carbocycles. The zero-order valence-corrected chi connectivity index (χ0v) is 9.21. The van der Waals surface area contributed by atoms with Crippen molar-refractivity contribution in [1.82, 2.24) is 10.6 Å². The van der Waals surface area contributed by atoms with Crippen LogP contribution in [0.1, 0.15) is 26.2 Å². The van der Waals surface area contributed by atoms with Gasteiger partial charge in [-0.05, 0) is 32.9 Å². The van der Waals surface area contributed by atoms with Crippen LogP contribution in [0.2, 0.25) is 0 Å². The molecular weight excluding hydrogens is 196 g/mol. The maximum absolute atomic E-state index is 11.1. The van der Waals surface area contributed by atoms with Crippen LogP contribution in [0.25, 0.3) is 0 Å². The van der Waals surface area contributed by atoms with Crippen molar-refractivity contribution in [1.29, 1.82) is 0 Å². The van der Waals surface area contributed by atoms with Crippen LogP contribution in [0.4, 0.5) is 0 Å². The van der Waals surface area contributed by atoms with Gasteiger partial charge in [0.05, 0.1) is 0 Å². The lowest BCUT2D eigenvalue weighted by Crippen LogP contribution is -2.40. The second-order valence-corrected chi connectivity index (χ2v) is 3.29. The number of esters is 1. The van der Waals surface area contributed by atoms with Gasteiger partial charge in [0.2, 0.25) is 5.91 Å². The summed E-state index contributed by atoms with van der Waals surface area (Å²) in [6, 6.07) is -0.635. The van der Waals surface area contributed by atoms with Gasteiger partial charge in [0.1, 0.15) is 6.04 Å². The third kappa shape index (κ3) is 6.90. The van der Waals surface area contributed by atoms with Crippen molar-refractivity contribution in [3.05, 3.63) is 7.11 Å². The van der Waals surface area contributed by atoms with Gasteiger partial charge in [0.15, 0.2) is 7.11 Å². The Balaban J connectivity index is 3.90. The van der Waals surface area contributed by atoms with Gasteiger partial charge in [-0.3, -0.25) is 4.79 Å². The van der Waals surface area contributed by atoms with Crippen molar-refractivity contribution >= 4 is 11.9 Å². The molecule has 0 aliphatic heterocycles. The van der Waals surface area contributed by atoms with Crippen LogP contribution in [-0.2, 0) is 14.3 Å². The molecule has 5 nitrogen and oxygen atoms in total. The molecule has 0 aromatic rings. The van der Waals surface area contributed by atoms with E-state index in [0.717, 1.165) is 19.4 Å². The molecule has 0 aromatic carbocycles. The molecule has 0 fully saturated rings. The summed E-state index contributed by atoms with van der Waals surface area (Å²) in [4.78, 5) is 21.9. The highest BCUT2D eigenvalue weighted by molar-refractivity contribution is 5.83.